The molecule has 17 heavy (non-hydrogen) atoms. The average Bonchev–Trinajstić information content (AvgIpc) is 2.73. The van der Waals surface area contributed by atoms with E-state index in [1.54, 1.807) is 0 Å². The first-order chi connectivity index (χ1) is 7.98. The van der Waals surface area contributed by atoms with Gasteiger partial charge in [0.15, 0.2) is 5.13 Å². The number of anilines is 1. The third kappa shape index (κ3) is 4.58. The van der Waals surface area contributed by atoms with Crippen LogP contribution in [0.5, 0.6) is 0 Å². The lowest BCUT2D eigenvalue weighted by Crippen LogP contribution is -2.26. The molecule has 0 radical (unpaired) electrons. The van der Waals surface area contributed by atoms with Crippen molar-refractivity contribution >= 4 is 26.7 Å². The van der Waals surface area contributed by atoms with Crippen molar-refractivity contribution in [1.82, 2.24) is 15.0 Å². The molecule has 0 spiro atoms. The van der Waals surface area contributed by atoms with Gasteiger partial charge in [-0.25, -0.2) is 14.4 Å². The fourth-order valence-electron chi connectivity index (χ4n) is 1.16. The van der Waals surface area contributed by atoms with Gasteiger partial charge in [-0.3, -0.25) is 0 Å². The zero-order valence-corrected chi connectivity index (χ0v) is 11.8. The SMILES string of the molecule is CCCNC(C)c1csc(NS(=O)(=O)NC)n1. The lowest BCUT2D eigenvalue weighted by Gasteiger charge is -2.09. The minimum Gasteiger partial charge on any atom is -0.309 e. The molecule has 3 N–H and O–H groups in total. The monoisotopic (exact) mass is 278 g/mol. The highest BCUT2D eigenvalue weighted by Gasteiger charge is 2.12. The fourth-order valence-corrected chi connectivity index (χ4v) is 2.71. The van der Waals surface area contributed by atoms with Crippen molar-refractivity contribution in [3.8, 4) is 0 Å². The summed E-state index contributed by atoms with van der Waals surface area (Å²) in [6.07, 6.45) is 1.05. The van der Waals surface area contributed by atoms with Crippen molar-refractivity contribution < 1.29 is 8.42 Å². The quantitative estimate of drug-likeness (QED) is 0.697. The van der Waals surface area contributed by atoms with E-state index < -0.39 is 10.2 Å². The summed E-state index contributed by atoms with van der Waals surface area (Å²) in [5.41, 5.74) is 0.845. The van der Waals surface area contributed by atoms with Gasteiger partial charge in [0.2, 0.25) is 0 Å². The molecule has 0 saturated carbocycles. The molecule has 1 unspecified atom stereocenters. The van der Waals surface area contributed by atoms with Crippen LogP contribution in [-0.4, -0.2) is 27.0 Å². The van der Waals surface area contributed by atoms with Crippen LogP contribution in [0, 0.1) is 0 Å². The van der Waals surface area contributed by atoms with Gasteiger partial charge in [0.05, 0.1) is 5.69 Å². The van der Waals surface area contributed by atoms with Crippen LogP contribution in [0.25, 0.3) is 0 Å². The van der Waals surface area contributed by atoms with E-state index in [0.29, 0.717) is 5.13 Å². The van der Waals surface area contributed by atoms with Crippen LogP contribution >= 0.6 is 11.3 Å². The maximum absolute atomic E-state index is 11.2. The Labute approximate surface area is 106 Å². The Kier molecular flexibility index (Phi) is 5.31. The van der Waals surface area contributed by atoms with Crippen molar-refractivity contribution in [2.75, 3.05) is 18.3 Å². The molecule has 98 valence electrons. The van der Waals surface area contributed by atoms with Crippen LogP contribution in [0.15, 0.2) is 5.38 Å². The molecule has 0 saturated heterocycles. The number of rotatable bonds is 7. The second kappa shape index (κ2) is 6.29. The number of hydrogen-bond donors (Lipinski definition) is 3. The summed E-state index contributed by atoms with van der Waals surface area (Å²) in [7, 11) is -2.12. The molecule has 1 aromatic heterocycles. The van der Waals surface area contributed by atoms with E-state index in [1.165, 1.54) is 18.4 Å². The van der Waals surface area contributed by atoms with Crippen molar-refractivity contribution in [3.05, 3.63) is 11.1 Å². The van der Waals surface area contributed by atoms with Crippen molar-refractivity contribution in [2.24, 2.45) is 0 Å². The smallest absolute Gasteiger partial charge is 0.300 e. The molecule has 1 aromatic rings. The van der Waals surface area contributed by atoms with Crippen LogP contribution in [0.4, 0.5) is 5.13 Å². The number of nitrogens with zero attached hydrogens (tertiary/aromatic N) is 1. The van der Waals surface area contributed by atoms with E-state index in [-0.39, 0.29) is 6.04 Å². The Morgan fingerprint density at radius 1 is 1.53 bits per heavy atom. The van der Waals surface area contributed by atoms with Gasteiger partial charge in [0.1, 0.15) is 0 Å². The predicted octanol–water partition coefficient (Wildman–Crippen LogP) is 1.08. The van der Waals surface area contributed by atoms with Gasteiger partial charge < -0.3 is 5.32 Å². The minimum absolute atomic E-state index is 0.124. The largest absolute Gasteiger partial charge is 0.309 e. The lowest BCUT2D eigenvalue weighted by molar-refractivity contribution is 0.561. The van der Waals surface area contributed by atoms with Crippen LogP contribution in [0.3, 0.4) is 0 Å². The first kappa shape index (κ1) is 14.4. The van der Waals surface area contributed by atoms with Crippen LogP contribution in [-0.2, 0) is 10.2 Å². The molecule has 0 aliphatic carbocycles. The van der Waals surface area contributed by atoms with E-state index in [9.17, 15) is 8.42 Å². The van der Waals surface area contributed by atoms with E-state index >= 15 is 0 Å². The number of nitrogens with one attached hydrogen (secondary N) is 3. The highest BCUT2D eigenvalue weighted by Crippen LogP contribution is 2.20. The topological polar surface area (TPSA) is 83.1 Å². The molecular weight excluding hydrogens is 260 g/mol. The van der Waals surface area contributed by atoms with E-state index in [4.69, 9.17) is 0 Å². The average molecular weight is 278 g/mol. The molecule has 1 rings (SSSR count). The third-order valence-electron chi connectivity index (χ3n) is 2.16. The Hall–Kier alpha value is -0.700. The Morgan fingerprint density at radius 3 is 2.82 bits per heavy atom. The van der Waals surface area contributed by atoms with Gasteiger partial charge >= 0.3 is 10.2 Å². The molecule has 0 fully saturated rings. The molecule has 6 nitrogen and oxygen atoms in total. The molecule has 1 atom stereocenters. The summed E-state index contributed by atoms with van der Waals surface area (Å²) >= 11 is 1.27. The first-order valence-corrected chi connectivity index (χ1v) is 7.75. The van der Waals surface area contributed by atoms with Gasteiger partial charge in [-0.1, -0.05) is 6.92 Å². The number of aromatic nitrogens is 1. The Bertz CT molecular complexity index is 444. The maximum Gasteiger partial charge on any atom is 0.300 e. The second-order valence-corrected chi connectivity index (χ2v) is 6.04. The Morgan fingerprint density at radius 2 is 2.24 bits per heavy atom. The zero-order valence-electron chi connectivity index (χ0n) is 10.1. The van der Waals surface area contributed by atoms with Gasteiger partial charge in [-0.05, 0) is 19.9 Å². The van der Waals surface area contributed by atoms with Gasteiger partial charge in [-0.15, -0.1) is 11.3 Å². The summed E-state index contributed by atoms with van der Waals surface area (Å²) < 4.78 is 27.0. The summed E-state index contributed by atoms with van der Waals surface area (Å²) in [5, 5.41) is 5.51. The molecule has 0 aromatic carbocycles. The van der Waals surface area contributed by atoms with E-state index in [1.807, 2.05) is 12.3 Å². The van der Waals surface area contributed by atoms with Crippen LogP contribution < -0.4 is 14.8 Å². The third-order valence-corrected chi connectivity index (χ3v) is 4.06. The molecule has 0 aliphatic heterocycles. The normalized spacial score (nSPS) is 13.6. The molecule has 8 heteroatoms. The molecule has 0 amide bonds. The van der Waals surface area contributed by atoms with E-state index in [2.05, 4.69) is 26.7 Å². The van der Waals surface area contributed by atoms with Crippen molar-refractivity contribution in [2.45, 2.75) is 26.3 Å². The zero-order chi connectivity index (χ0) is 12.9. The lowest BCUT2D eigenvalue weighted by atomic mass is 10.2. The Balaban J connectivity index is 2.65. The second-order valence-electron chi connectivity index (χ2n) is 3.56. The van der Waals surface area contributed by atoms with Gasteiger partial charge in [0, 0.05) is 18.5 Å². The minimum atomic E-state index is -3.47. The van der Waals surface area contributed by atoms with Crippen LogP contribution in [0.2, 0.25) is 0 Å². The standard InChI is InChI=1S/C9H18N4O2S2/c1-4-5-11-7(2)8-6-16-9(12-8)13-17(14,15)10-3/h6-7,10-11H,4-5H2,1-3H3,(H,12,13). The van der Waals surface area contributed by atoms with Crippen LogP contribution in [0.1, 0.15) is 32.0 Å². The fraction of sp³-hybridized carbons (Fsp3) is 0.667. The van der Waals surface area contributed by atoms with Gasteiger partial charge in [0.25, 0.3) is 0 Å². The number of thiazole rings is 1. The number of hydrogen-bond acceptors (Lipinski definition) is 5. The molecule has 1 heterocycles. The maximum atomic E-state index is 11.2. The van der Waals surface area contributed by atoms with Crippen molar-refractivity contribution in [3.63, 3.8) is 0 Å². The molecular formula is C9H18N4O2S2. The summed E-state index contributed by atoms with van der Waals surface area (Å²) in [5.74, 6) is 0. The summed E-state index contributed by atoms with van der Waals surface area (Å²) in [6.45, 7) is 5.00. The predicted molar refractivity (Wildman–Crippen MR) is 70.4 cm³/mol. The van der Waals surface area contributed by atoms with Crippen molar-refractivity contribution in [1.29, 1.82) is 0 Å². The van der Waals surface area contributed by atoms with E-state index in [0.717, 1.165) is 18.7 Å². The van der Waals surface area contributed by atoms with Gasteiger partial charge in [-0.2, -0.15) is 8.42 Å². The highest BCUT2D eigenvalue weighted by molar-refractivity contribution is 7.91. The summed E-state index contributed by atoms with van der Waals surface area (Å²) in [4.78, 5) is 4.22. The molecule has 0 bridgehead atoms. The molecule has 0 aliphatic rings. The highest BCUT2D eigenvalue weighted by atomic mass is 32.2. The summed E-state index contributed by atoms with van der Waals surface area (Å²) in [6, 6.07) is 0.124. The first-order valence-electron chi connectivity index (χ1n) is 5.38.